The molecule has 2 aromatic carbocycles. The molecule has 2 heterocycles. The fourth-order valence-electron chi connectivity index (χ4n) is 3.89. The molecule has 1 aliphatic carbocycles. The molecule has 2 aliphatic rings. The second kappa shape index (κ2) is 6.87. The van der Waals surface area contributed by atoms with Crippen molar-refractivity contribution in [1.82, 2.24) is 10.3 Å². The van der Waals surface area contributed by atoms with Gasteiger partial charge in [0, 0.05) is 6.42 Å². The second-order valence-electron chi connectivity index (χ2n) is 7.29. The second-order valence-corrected chi connectivity index (χ2v) is 8.32. The molecule has 5 rings (SSSR count). The highest BCUT2D eigenvalue weighted by Gasteiger charge is 2.41. The van der Waals surface area contributed by atoms with Gasteiger partial charge in [0.2, 0.25) is 0 Å². The minimum Gasteiger partial charge on any atom is -0.299 e. The molecule has 28 heavy (non-hydrogen) atoms. The van der Waals surface area contributed by atoms with Crippen molar-refractivity contribution >= 4 is 38.4 Å². The lowest BCUT2D eigenvalue weighted by molar-refractivity contribution is -0.522. The van der Waals surface area contributed by atoms with Crippen molar-refractivity contribution in [3.8, 4) is 0 Å². The van der Waals surface area contributed by atoms with Crippen LogP contribution in [0.25, 0.3) is 10.2 Å². The van der Waals surface area contributed by atoms with Gasteiger partial charge in [0.1, 0.15) is 17.7 Å². The molecule has 1 aliphatic heterocycles. The Kier molecular flexibility index (Phi) is 4.20. The van der Waals surface area contributed by atoms with Gasteiger partial charge >= 0.3 is 5.96 Å². The van der Waals surface area contributed by atoms with Gasteiger partial charge in [0.25, 0.3) is 5.13 Å². The first-order valence-electron chi connectivity index (χ1n) is 9.50. The number of nitrogens with one attached hydrogen (secondary N) is 3. The topological polar surface area (TPSA) is 68.0 Å². The Hall–Kier alpha value is -2.99. The van der Waals surface area contributed by atoms with Crippen LogP contribution in [0.3, 0.4) is 0 Å². The molecule has 0 spiro atoms. The van der Waals surface area contributed by atoms with E-state index in [4.69, 9.17) is 0 Å². The number of hydrogen-bond acceptors (Lipinski definition) is 5. The first-order chi connectivity index (χ1) is 13.7. The average molecular weight is 390 g/mol. The summed E-state index contributed by atoms with van der Waals surface area (Å²) in [6.07, 6.45) is 3.53. The van der Waals surface area contributed by atoms with Crippen LogP contribution < -0.4 is 15.6 Å². The molecular formula is C22H21N4OS+. The summed E-state index contributed by atoms with van der Waals surface area (Å²) in [6, 6.07) is 16.4. The summed E-state index contributed by atoms with van der Waals surface area (Å²) < 4.78 is 1.14. The Labute approximate surface area is 167 Å². The van der Waals surface area contributed by atoms with Gasteiger partial charge in [-0.05, 0) is 37.1 Å². The molecule has 0 fully saturated rings. The van der Waals surface area contributed by atoms with Crippen LogP contribution in [0.4, 0.5) is 5.13 Å². The van der Waals surface area contributed by atoms with Gasteiger partial charge in [0.05, 0.1) is 15.9 Å². The summed E-state index contributed by atoms with van der Waals surface area (Å²) in [4.78, 5) is 20.9. The minimum absolute atomic E-state index is 0.0993. The van der Waals surface area contributed by atoms with E-state index in [2.05, 4.69) is 63.9 Å². The number of allylic oxidation sites excluding steroid dienone is 1. The smallest absolute Gasteiger partial charge is 0.299 e. The van der Waals surface area contributed by atoms with E-state index in [0.717, 1.165) is 39.0 Å². The quantitative estimate of drug-likeness (QED) is 0.630. The van der Waals surface area contributed by atoms with Gasteiger partial charge in [-0.3, -0.25) is 9.79 Å². The molecule has 0 amide bonds. The van der Waals surface area contributed by atoms with E-state index < -0.39 is 0 Å². The molecule has 0 radical (unpaired) electrons. The molecule has 140 valence electrons. The Bertz CT molecular complexity index is 1080. The maximum atomic E-state index is 12.7. The number of nitrogens with zero attached hydrogens (tertiary/aromatic N) is 1. The van der Waals surface area contributed by atoms with Crippen LogP contribution in [-0.2, 0) is 4.79 Å². The van der Waals surface area contributed by atoms with E-state index in [1.165, 1.54) is 5.56 Å². The summed E-state index contributed by atoms with van der Waals surface area (Å²) in [6.45, 7) is 2.07. The molecule has 5 nitrogen and oxygen atoms in total. The SMILES string of the molecule is Cc1ccc([C@@H]2[NH+]=C(Nc3nc4ccccc4s3)NC3=CCCC(=O)[C@H]32)cc1. The number of guanidine groups is 1. The number of carbonyl (C=O) groups excluding carboxylic acids is 1. The normalized spacial score (nSPS) is 21.5. The van der Waals surface area contributed by atoms with Gasteiger partial charge in [-0.25, -0.2) is 15.6 Å². The van der Waals surface area contributed by atoms with Crippen LogP contribution in [0.1, 0.15) is 30.0 Å². The summed E-state index contributed by atoms with van der Waals surface area (Å²) in [7, 11) is 0. The summed E-state index contributed by atoms with van der Waals surface area (Å²) in [5, 5.41) is 7.59. The molecule has 3 N–H and O–H groups in total. The van der Waals surface area contributed by atoms with Gasteiger partial charge in [-0.1, -0.05) is 53.3 Å². The zero-order valence-electron chi connectivity index (χ0n) is 15.5. The van der Waals surface area contributed by atoms with Crippen molar-refractivity contribution in [2.75, 3.05) is 5.32 Å². The number of hydrogen-bond donors (Lipinski definition) is 3. The van der Waals surface area contributed by atoms with Gasteiger partial charge < -0.3 is 0 Å². The van der Waals surface area contributed by atoms with Crippen molar-refractivity contribution in [2.45, 2.75) is 25.8 Å². The largest absolute Gasteiger partial charge is 0.355 e. The number of benzene rings is 2. The summed E-state index contributed by atoms with van der Waals surface area (Å²) in [5.41, 5.74) is 4.28. The fraction of sp³-hybridized carbons (Fsp3) is 0.227. The van der Waals surface area contributed by atoms with E-state index >= 15 is 0 Å². The first kappa shape index (κ1) is 17.1. The van der Waals surface area contributed by atoms with Gasteiger partial charge in [-0.15, -0.1) is 0 Å². The van der Waals surface area contributed by atoms with E-state index in [0.29, 0.717) is 6.42 Å². The number of rotatable bonds is 2. The van der Waals surface area contributed by atoms with Crippen molar-refractivity contribution in [2.24, 2.45) is 5.92 Å². The molecule has 0 saturated heterocycles. The van der Waals surface area contributed by atoms with Crippen molar-refractivity contribution in [3.63, 3.8) is 0 Å². The summed E-state index contributed by atoms with van der Waals surface area (Å²) >= 11 is 1.61. The van der Waals surface area contributed by atoms with Crippen LogP contribution >= 0.6 is 11.3 Å². The zero-order valence-corrected chi connectivity index (χ0v) is 16.3. The van der Waals surface area contributed by atoms with Crippen LogP contribution in [0.5, 0.6) is 0 Å². The number of aryl methyl sites for hydroxylation is 1. The maximum Gasteiger partial charge on any atom is 0.355 e. The van der Waals surface area contributed by atoms with Gasteiger partial charge in [-0.2, -0.15) is 0 Å². The minimum atomic E-state index is -0.183. The average Bonchev–Trinajstić information content (AvgIpc) is 3.10. The molecule has 0 saturated carbocycles. The predicted molar refractivity (Wildman–Crippen MR) is 112 cm³/mol. The van der Waals surface area contributed by atoms with Crippen molar-refractivity contribution in [3.05, 3.63) is 71.4 Å². The highest BCUT2D eigenvalue weighted by Crippen LogP contribution is 2.31. The number of anilines is 1. The molecule has 2 atom stereocenters. The lowest BCUT2D eigenvalue weighted by Crippen LogP contribution is -2.84. The number of Topliss-reactive ketones (excluding diaryl/α,β-unsaturated/α-hetero) is 1. The highest BCUT2D eigenvalue weighted by atomic mass is 32.1. The third-order valence-corrected chi connectivity index (χ3v) is 6.25. The van der Waals surface area contributed by atoms with E-state index in [1.54, 1.807) is 11.3 Å². The van der Waals surface area contributed by atoms with Crippen molar-refractivity contribution < 1.29 is 9.79 Å². The zero-order chi connectivity index (χ0) is 19.1. The van der Waals surface area contributed by atoms with Crippen LogP contribution in [0, 0.1) is 12.8 Å². The van der Waals surface area contributed by atoms with Crippen LogP contribution in [0.2, 0.25) is 0 Å². The number of aromatic nitrogens is 1. The van der Waals surface area contributed by atoms with Gasteiger partial charge in [0.15, 0.2) is 0 Å². The van der Waals surface area contributed by atoms with Crippen molar-refractivity contribution in [1.29, 1.82) is 0 Å². The molecular weight excluding hydrogens is 368 g/mol. The Morgan fingerprint density at radius 2 is 2.00 bits per heavy atom. The summed E-state index contributed by atoms with van der Waals surface area (Å²) in [5.74, 6) is 0.862. The first-order valence-corrected chi connectivity index (χ1v) is 10.3. The molecule has 6 heteroatoms. The fourth-order valence-corrected chi connectivity index (χ4v) is 4.76. The predicted octanol–water partition coefficient (Wildman–Crippen LogP) is 2.66. The van der Waals surface area contributed by atoms with Crippen LogP contribution in [0.15, 0.2) is 60.3 Å². The molecule has 1 aromatic heterocycles. The third-order valence-electron chi connectivity index (χ3n) is 5.30. The Morgan fingerprint density at radius 1 is 1.18 bits per heavy atom. The number of carbonyl (C=O) groups is 1. The molecule has 0 bridgehead atoms. The number of thiazole rings is 1. The Morgan fingerprint density at radius 3 is 2.82 bits per heavy atom. The standard InChI is InChI=1S/C22H20N4OS/c1-13-9-11-14(12-10-13)20-19-16(6-4-7-17(19)27)23-21(25-20)26-22-24-15-5-2-3-8-18(15)28-22/h2-3,5-6,8-12,19-20H,4,7H2,1H3,(H2,23,24,25,26)/p+1/t19-,20-/m0/s1. The molecule has 0 unspecified atom stereocenters. The third kappa shape index (κ3) is 3.10. The number of para-hydroxylation sites is 1. The highest BCUT2D eigenvalue weighted by molar-refractivity contribution is 7.22. The van der Waals surface area contributed by atoms with E-state index in [9.17, 15) is 4.79 Å². The lowest BCUT2D eigenvalue weighted by atomic mass is 9.81. The Balaban J connectivity index is 1.52. The van der Waals surface area contributed by atoms with E-state index in [1.807, 2.05) is 18.2 Å². The maximum absolute atomic E-state index is 12.7. The lowest BCUT2D eigenvalue weighted by Gasteiger charge is -2.30. The number of ketones is 1. The molecule has 3 aromatic rings. The van der Waals surface area contributed by atoms with E-state index in [-0.39, 0.29) is 17.7 Å². The number of fused-ring (bicyclic) bond motifs is 2. The van der Waals surface area contributed by atoms with Crippen LogP contribution in [-0.4, -0.2) is 16.7 Å². The monoisotopic (exact) mass is 389 g/mol.